The van der Waals surface area contributed by atoms with Crippen LogP contribution in [0, 0.1) is 0 Å². The largest absolute Gasteiger partial charge is 0.481 e. The number of allylic oxidation sites excluding steroid dienone is 2. The maximum absolute atomic E-state index is 10.6. The number of carbonyl (C=O) groups excluding carboxylic acids is 2. The first-order valence-corrected chi connectivity index (χ1v) is 3.03. The summed E-state index contributed by atoms with van der Waals surface area (Å²) in [6.45, 7) is 0. The van der Waals surface area contributed by atoms with E-state index in [-0.39, 0.29) is 18.6 Å². The summed E-state index contributed by atoms with van der Waals surface area (Å²) in [7, 11) is 0. The lowest BCUT2D eigenvalue weighted by atomic mass is 10.2. The Morgan fingerprint density at radius 2 is 1.91 bits per heavy atom. The summed E-state index contributed by atoms with van der Waals surface area (Å²) in [5, 5.41) is 8.14. The lowest BCUT2D eigenvalue weighted by Crippen LogP contribution is -2.00. The maximum atomic E-state index is 10.6. The van der Waals surface area contributed by atoms with Crippen LogP contribution in [0.1, 0.15) is 12.8 Å². The fourth-order valence-electron chi connectivity index (χ4n) is 0.460. The van der Waals surface area contributed by atoms with Gasteiger partial charge in [0.2, 0.25) is 0 Å². The smallest absolute Gasteiger partial charge is 0.303 e. The van der Waals surface area contributed by atoms with Gasteiger partial charge < -0.3 is 5.11 Å². The van der Waals surface area contributed by atoms with Crippen LogP contribution in [0.3, 0.4) is 0 Å². The van der Waals surface area contributed by atoms with Crippen LogP contribution in [0.2, 0.25) is 0 Å². The first-order chi connectivity index (χ1) is 5.16. The third kappa shape index (κ3) is 6.44. The Morgan fingerprint density at radius 1 is 1.27 bits per heavy atom. The van der Waals surface area contributed by atoms with Crippen molar-refractivity contribution < 1.29 is 19.5 Å². The number of carboxylic acids is 1. The molecule has 60 valence electrons. The number of ketones is 1. The van der Waals surface area contributed by atoms with E-state index in [1.807, 2.05) is 0 Å². The maximum Gasteiger partial charge on any atom is 0.303 e. The molecule has 0 aromatic rings. The molecule has 0 aliphatic carbocycles. The van der Waals surface area contributed by atoms with Gasteiger partial charge in [0.05, 0.1) is 6.42 Å². The van der Waals surface area contributed by atoms with Gasteiger partial charge in [0.25, 0.3) is 0 Å². The molecule has 0 aromatic heterocycles. The topological polar surface area (TPSA) is 71.4 Å². The molecule has 0 bridgehead atoms. The third-order valence-electron chi connectivity index (χ3n) is 0.946. The summed E-state index contributed by atoms with van der Waals surface area (Å²) in [6.07, 6.45) is 2.33. The Balaban J connectivity index is 3.61. The number of carbonyl (C=O) groups is 3. The normalized spacial score (nSPS) is 9.82. The lowest BCUT2D eigenvalue weighted by Gasteiger charge is -1.88. The standard InChI is InChI=1S/C7H8O4/c8-5-1-2-6(9)3-4-7(10)11/h1-2,5H,3-4H2,(H,10,11). The number of hydrogen-bond acceptors (Lipinski definition) is 3. The molecule has 0 aliphatic heterocycles. The summed E-state index contributed by atoms with van der Waals surface area (Å²) in [5.41, 5.74) is 0. The van der Waals surface area contributed by atoms with Gasteiger partial charge in [0.1, 0.15) is 6.29 Å². The van der Waals surface area contributed by atoms with Crippen LogP contribution in [0.15, 0.2) is 12.2 Å². The highest BCUT2D eigenvalue weighted by molar-refractivity contribution is 5.94. The van der Waals surface area contributed by atoms with Gasteiger partial charge in [-0.2, -0.15) is 0 Å². The quantitative estimate of drug-likeness (QED) is 0.455. The van der Waals surface area contributed by atoms with E-state index in [0.717, 1.165) is 12.2 Å². The van der Waals surface area contributed by atoms with Crippen molar-refractivity contribution in [2.45, 2.75) is 12.8 Å². The van der Waals surface area contributed by atoms with Crippen LogP contribution in [0.5, 0.6) is 0 Å². The van der Waals surface area contributed by atoms with Crippen LogP contribution in [-0.4, -0.2) is 23.1 Å². The van der Waals surface area contributed by atoms with Gasteiger partial charge in [0.15, 0.2) is 5.78 Å². The van der Waals surface area contributed by atoms with E-state index in [0.29, 0.717) is 6.29 Å². The Bertz CT molecular complexity index is 193. The number of hydrogen-bond donors (Lipinski definition) is 1. The molecule has 0 spiro atoms. The van der Waals surface area contributed by atoms with Crippen LogP contribution in [0.25, 0.3) is 0 Å². The van der Waals surface area contributed by atoms with Gasteiger partial charge in [-0.15, -0.1) is 0 Å². The van der Waals surface area contributed by atoms with Crippen molar-refractivity contribution in [2.75, 3.05) is 0 Å². The zero-order valence-corrected chi connectivity index (χ0v) is 5.82. The molecule has 4 nitrogen and oxygen atoms in total. The fraction of sp³-hybridized carbons (Fsp3) is 0.286. The fourth-order valence-corrected chi connectivity index (χ4v) is 0.460. The average molecular weight is 156 g/mol. The van der Waals surface area contributed by atoms with Crippen molar-refractivity contribution in [3.63, 3.8) is 0 Å². The summed E-state index contributed by atoms with van der Waals surface area (Å²) in [5.74, 6) is -1.36. The molecular weight excluding hydrogens is 148 g/mol. The van der Waals surface area contributed by atoms with E-state index >= 15 is 0 Å². The highest BCUT2D eigenvalue weighted by Gasteiger charge is 2.00. The Labute approximate surface area is 63.5 Å². The molecule has 0 unspecified atom stereocenters. The van der Waals surface area contributed by atoms with Gasteiger partial charge in [0, 0.05) is 6.42 Å². The molecule has 0 heterocycles. The number of carboxylic acid groups (broad SMARTS) is 1. The number of aldehydes is 1. The van der Waals surface area contributed by atoms with Crippen LogP contribution >= 0.6 is 0 Å². The van der Waals surface area contributed by atoms with E-state index in [1.165, 1.54) is 0 Å². The van der Waals surface area contributed by atoms with Gasteiger partial charge >= 0.3 is 5.97 Å². The van der Waals surface area contributed by atoms with Crippen molar-refractivity contribution in [3.05, 3.63) is 12.2 Å². The van der Waals surface area contributed by atoms with Crippen LogP contribution in [0.4, 0.5) is 0 Å². The zero-order valence-electron chi connectivity index (χ0n) is 5.82. The van der Waals surface area contributed by atoms with E-state index in [9.17, 15) is 14.4 Å². The minimum Gasteiger partial charge on any atom is -0.481 e. The minimum absolute atomic E-state index is 0.0559. The van der Waals surface area contributed by atoms with Gasteiger partial charge in [-0.25, -0.2) is 0 Å². The van der Waals surface area contributed by atoms with Crippen molar-refractivity contribution in [3.8, 4) is 0 Å². The van der Waals surface area contributed by atoms with E-state index in [1.54, 1.807) is 0 Å². The monoisotopic (exact) mass is 156 g/mol. The van der Waals surface area contributed by atoms with Gasteiger partial charge in [-0.05, 0) is 12.2 Å². The minimum atomic E-state index is -1.02. The van der Waals surface area contributed by atoms with Crippen molar-refractivity contribution in [1.82, 2.24) is 0 Å². The highest BCUT2D eigenvalue weighted by Crippen LogP contribution is 1.91. The van der Waals surface area contributed by atoms with Gasteiger partial charge in [-0.3, -0.25) is 14.4 Å². The first kappa shape index (κ1) is 9.55. The molecule has 0 fully saturated rings. The molecule has 0 atom stereocenters. The first-order valence-electron chi connectivity index (χ1n) is 3.03. The Morgan fingerprint density at radius 3 is 2.36 bits per heavy atom. The molecule has 4 heteroatoms. The molecule has 0 saturated carbocycles. The highest BCUT2D eigenvalue weighted by atomic mass is 16.4. The predicted molar refractivity (Wildman–Crippen MR) is 37.1 cm³/mol. The Hall–Kier alpha value is -1.45. The van der Waals surface area contributed by atoms with Crippen molar-refractivity contribution >= 4 is 18.0 Å². The second kappa shape index (κ2) is 5.34. The summed E-state index contributed by atoms with van der Waals surface area (Å²) in [4.78, 5) is 30.2. The Kier molecular flexibility index (Phi) is 4.64. The second-order valence-electron chi connectivity index (χ2n) is 1.86. The van der Waals surface area contributed by atoms with E-state index in [4.69, 9.17) is 5.11 Å². The third-order valence-corrected chi connectivity index (χ3v) is 0.946. The predicted octanol–water partition coefficient (Wildman–Crippen LogP) is 0.175. The average Bonchev–Trinajstić information content (AvgIpc) is 1.97. The molecule has 0 rings (SSSR count). The van der Waals surface area contributed by atoms with Crippen LogP contribution in [-0.2, 0) is 14.4 Å². The van der Waals surface area contributed by atoms with Gasteiger partial charge in [-0.1, -0.05) is 0 Å². The molecule has 0 radical (unpaired) electrons. The molecule has 11 heavy (non-hydrogen) atoms. The van der Waals surface area contributed by atoms with E-state index in [2.05, 4.69) is 0 Å². The van der Waals surface area contributed by atoms with E-state index < -0.39 is 5.97 Å². The van der Waals surface area contributed by atoms with Crippen molar-refractivity contribution in [2.24, 2.45) is 0 Å². The molecular formula is C7H8O4. The molecule has 1 N–H and O–H groups in total. The number of rotatable bonds is 5. The SMILES string of the molecule is O=CC=CC(=O)CCC(=O)O. The number of aliphatic carboxylic acids is 1. The van der Waals surface area contributed by atoms with Crippen molar-refractivity contribution in [1.29, 1.82) is 0 Å². The second-order valence-corrected chi connectivity index (χ2v) is 1.86. The molecule has 0 amide bonds. The van der Waals surface area contributed by atoms with Crippen LogP contribution < -0.4 is 0 Å². The summed E-state index contributed by atoms with van der Waals surface area (Å²) < 4.78 is 0. The summed E-state index contributed by atoms with van der Waals surface area (Å²) in [6, 6.07) is 0. The molecule has 0 aliphatic rings. The molecule has 0 saturated heterocycles. The summed E-state index contributed by atoms with van der Waals surface area (Å²) >= 11 is 0. The molecule has 0 aromatic carbocycles. The zero-order chi connectivity index (χ0) is 8.69. The lowest BCUT2D eigenvalue weighted by molar-refractivity contribution is -0.138.